The molecular weight excluding hydrogens is 309 g/mol. The van der Waals surface area contributed by atoms with Crippen LogP contribution in [0, 0.1) is 5.82 Å². The van der Waals surface area contributed by atoms with Crippen LogP contribution in [0.25, 0.3) is 22.8 Å². The van der Waals surface area contributed by atoms with E-state index in [0.717, 1.165) is 11.4 Å². The standard InChI is InChI=1S/C17H16FN5O/c1-23-5-4-20-17(23)15-3-2-14(21-22-15)13-8-11(18)6-10-7-12(9-19)24-16(10)13/h2-6,8,12H,7,9,19H2,1H3. The van der Waals surface area contributed by atoms with Crippen molar-refractivity contribution >= 4 is 0 Å². The van der Waals surface area contributed by atoms with Crippen molar-refractivity contribution < 1.29 is 9.13 Å². The second-order valence-corrected chi connectivity index (χ2v) is 5.79. The zero-order valence-electron chi connectivity index (χ0n) is 13.1. The van der Waals surface area contributed by atoms with Gasteiger partial charge >= 0.3 is 0 Å². The summed E-state index contributed by atoms with van der Waals surface area (Å²) in [6.45, 7) is 0.388. The van der Waals surface area contributed by atoms with Crippen LogP contribution in [-0.2, 0) is 13.5 Å². The van der Waals surface area contributed by atoms with Crippen LogP contribution < -0.4 is 10.5 Å². The van der Waals surface area contributed by atoms with Crippen molar-refractivity contribution in [1.29, 1.82) is 0 Å². The lowest BCUT2D eigenvalue weighted by molar-refractivity contribution is 0.242. The van der Waals surface area contributed by atoms with E-state index in [-0.39, 0.29) is 11.9 Å². The first-order chi connectivity index (χ1) is 11.7. The Morgan fingerprint density at radius 1 is 1.29 bits per heavy atom. The van der Waals surface area contributed by atoms with Gasteiger partial charge in [0.1, 0.15) is 23.4 Å². The summed E-state index contributed by atoms with van der Waals surface area (Å²) >= 11 is 0. The van der Waals surface area contributed by atoms with E-state index in [1.54, 1.807) is 12.3 Å². The zero-order chi connectivity index (χ0) is 16.7. The fourth-order valence-corrected chi connectivity index (χ4v) is 2.92. The lowest BCUT2D eigenvalue weighted by Gasteiger charge is -2.10. The molecule has 4 rings (SSSR count). The molecule has 2 N–H and O–H groups in total. The molecule has 1 aliphatic heterocycles. The van der Waals surface area contributed by atoms with Crippen LogP contribution in [-0.4, -0.2) is 32.4 Å². The first kappa shape index (κ1) is 14.8. The van der Waals surface area contributed by atoms with Gasteiger partial charge in [-0.3, -0.25) is 0 Å². The molecule has 0 radical (unpaired) electrons. The molecule has 3 heterocycles. The minimum atomic E-state index is -0.319. The average molecular weight is 325 g/mol. The molecule has 6 nitrogen and oxygen atoms in total. The third-order valence-corrected chi connectivity index (χ3v) is 4.12. The largest absolute Gasteiger partial charge is 0.488 e. The highest BCUT2D eigenvalue weighted by Gasteiger charge is 2.26. The molecule has 0 fully saturated rings. The van der Waals surface area contributed by atoms with Gasteiger partial charge in [0.2, 0.25) is 0 Å². The van der Waals surface area contributed by atoms with Gasteiger partial charge in [-0.05, 0) is 24.3 Å². The Bertz CT molecular complexity index is 890. The van der Waals surface area contributed by atoms with E-state index in [1.807, 2.05) is 23.9 Å². The van der Waals surface area contributed by atoms with E-state index < -0.39 is 0 Å². The van der Waals surface area contributed by atoms with E-state index in [9.17, 15) is 4.39 Å². The molecule has 1 aromatic carbocycles. The predicted molar refractivity (Wildman–Crippen MR) is 86.8 cm³/mol. The fourth-order valence-electron chi connectivity index (χ4n) is 2.92. The lowest BCUT2D eigenvalue weighted by atomic mass is 10.0. The maximum Gasteiger partial charge on any atom is 0.160 e. The number of aromatic nitrogens is 4. The van der Waals surface area contributed by atoms with Crippen molar-refractivity contribution in [2.24, 2.45) is 12.8 Å². The Kier molecular flexibility index (Phi) is 3.50. The summed E-state index contributed by atoms with van der Waals surface area (Å²) in [6, 6.07) is 6.52. The number of fused-ring (bicyclic) bond motifs is 1. The third kappa shape index (κ3) is 2.43. The summed E-state index contributed by atoms with van der Waals surface area (Å²) in [7, 11) is 1.89. The summed E-state index contributed by atoms with van der Waals surface area (Å²) in [6.07, 6.45) is 4.02. The Hall–Kier alpha value is -2.80. The molecule has 0 bridgehead atoms. The number of ether oxygens (including phenoxy) is 1. The van der Waals surface area contributed by atoms with Gasteiger partial charge in [-0.25, -0.2) is 9.37 Å². The lowest BCUT2D eigenvalue weighted by Crippen LogP contribution is -2.24. The van der Waals surface area contributed by atoms with Crippen molar-refractivity contribution in [1.82, 2.24) is 19.7 Å². The highest BCUT2D eigenvalue weighted by Crippen LogP contribution is 2.38. The van der Waals surface area contributed by atoms with Gasteiger partial charge in [0, 0.05) is 43.5 Å². The van der Waals surface area contributed by atoms with Gasteiger partial charge in [0.25, 0.3) is 0 Å². The van der Waals surface area contributed by atoms with Gasteiger partial charge in [0.05, 0.1) is 5.69 Å². The molecule has 1 aliphatic rings. The number of benzene rings is 1. The Morgan fingerprint density at radius 2 is 2.08 bits per heavy atom. The van der Waals surface area contributed by atoms with Gasteiger partial charge in [-0.15, -0.1) is 10.2 Å². The van der Waals surface area contributed by atoms with E-state index in [0.29, 0.717) is 35.7 Å². The molecule has 0 amide bonds. The maximum absolute atomic E-state index is 13.9. The molecule has 122 valence electrons. The number of imidazole rings is 1. The number of halogens is 1. The van der Waals surface area contributed by atoms with Gasteiger partial charge < -0.3 is 15.0 Å². The van der Waals surface area contributed by atoms with Crippen molar-refractivity contribution in [3.63, 3.8) is 0 Å². The molecule has 7 heteroatoms. The highest BCUT2D eigenvalue weighted by atomic mass is 19.1. The normalized spacial score (nSPS) is 16.0. The number of rotatable bonds is 3. The van der Waals surface area contributed by atoms with Crippen LogP contribution >= 0.6 is 0 Å². The van der Waals surface area contributed by atoms with Crippen molar-refractivity contribution in [3.8, 4) is 28.5 Å². The molecule has 0 saturated carbocycles. The second-order valence-electron chi connectivity index (χ2n) is 5.79. The van der Waals surface area contributed by atoms with Crippen LogP contribution in [0.1, 0.15) is 5.56 Å². The first-order valence-electron chi connectivity index (χ1n) is 7.66. The van der Waals surface area contributed by atoms with Gasteiger partial charge in [-0.2, -0.15) is 0 Å². The van der Waals surface area contributed by atoms with Crippen LogP contribution in [0.5, 0.6) is 5.75 Å². The second kappa shape index (κ2) is 5.68. The molecule has 1 atom stereocenters. The van der Waals surface area contributed by atoms with Crippen molar-refractivity contribution in [2.75, 3.05) is 6.54 Å². The molecule has 0 saturated heterocycles. The minimum Gasteiger partial charge on any atom is -0.488 e. The van der Waals surface area contributed by atoms with Crippen molar-refractivity contribution in [2.45, 2.75) is 12.5 Å². The predicted octanol–water partition coefficient (Wildman–Crippen LogP) is 1.95. The Labute approximate surface area is 138 Å². The Balaban J connectivity index is 1.74. The topological polar surface area (TPSA) is 78.9 Å². The number of aryl methyl sites for hydroxylation is 1. The van der Waals surface area contributed by atoms with Crippen LogP contribution in [0.3, 0.4) is 0 Å². The Morgan fingerprint density at radius 3 is 2.75 bits per heavy atom. The smallest absolute Gasteiger partial charge is 0.160 e. The summed E-state index contributed by atoms with van der Waals surface area (Å²) < 4.78 is 21.6. The molecule has 3 aromatic rings. The van der Waals surface area contributed by atoms with Crippen LogP contribution in [0.4, 0.5) is 4.39 Å². The van der Waals surface area contributed by atoms with Crippen LogP contribution in [0.15, 0.2) is 36.7 Å². The molecule has 0 aliphatic carbocycles. The summed E-state index contributed by atoms with van der Waals surface area (Å²) in [4.78, 5) is 4.24. The first-order valence-corrected chi connectivity index (χ1v) is 7.66. The number of hydrogen-bond donors (Lipinski definition) is 1. The van der Waals surface area contributed by atoms with E-state index in [1.165, 1.54) is 12.1 Å². The molecule has 1 unspecified atom stereocenters. The van der Waals surface area contributed by atoms with Gasteiger partial charge in [-0.1, -0.05) is 0 Å². The fraction of sp³-hybridized carbons (Fsp3) is 0.235. The summed E-state index contributed by atoms with van der Waals surface area (Å²) in [5, 5.41) is 8.45. The highest BCUT2D eigenvalue weighted by molar-refractivity contribution is 5.71. The monoisotopic (exact) mass is 325 g/mol. The zero-order valence-corrected chi connectivity index (χ0v) is 13.1. The SMILES string of the molecule is Cn1ccnc1-c1ccc(-c2cc(F)cc3c2OC(CN)C3)nn1. The van der Waals surface area contributed by atoms with Crippen LogP contribution in [0.2, 0.25) is 0 Å². The molecule has 24 heavy (non-hydrogen) atoms. The quantitative estimate of drug-likeness (QED) is 0.796. The number of hydrogen-bond acceptors (Lipinski definition) is 5. The maximum atomic E-state index is 13.9. The molecule has 2 aromatic heterocycles. The minimum absolute atomic E-state index is 0.125. The van der Waals surface area contributed by atoms with Crippen molar-refractivity contribution in [3.05, 3.63) is 48.0 Å². The van der Waals surface area contributed by atoms with E-state index in [4.69, 9.17) is 10.5 Å². The molecular formula is C17H16FN5O. The van der Waals surface area contributed by atoms with Gasteiger partial charge in [0.15, 0.2) is 5.82 Å². The third-order valence-electron chi connectivity index (χ3n) is 4.12. The average Bonchev–Trinajstić information content (AvgIpc) is 3.20. The summed E-state index contributed by atoms with van der Waals surface area (Å²) in [5.41, 5.74) is 8.29. The van der Waals surface area contributed by atoms with E-state index in [2.05, 4.69) is 15.2 Å². The number of nitrogens with zero attached hydrogens (tertiary/aromatic N) is 4. The van der Waals surface area contributed by atoms with E-state index >= 15 is 0 Å². The number of nitrogens with two attached hydrogens (primary N) is 1. The summed E-state index contributed by atoms with van der Waals surface area (Å²) in [5.74, 6) is 1.05. The molecule has 0 spiro atoms.